The highest BCUT2D eigenvalue weighted by atomic mass is 32.1. The van der Waals surface area contributed by atoms with Crippen molar-refractivity contribution in [3.05, 3.63) is 21.9 Å². The Labute approximate surface area is 99.4 Å². The first-order valence-electron chi connectivity index (χ1n) is 5.47. The van der Waals surface area contributed by atoms with Crippen molar-refractivity contribution < 1.29 is 4.79 Å². The van der Waals surface area contributed by atoms with Gasteiger partial charge in [-0.05, 0) is 23.9 Å². The Hall–Kier alpha value is -0.910. The van der Waals surface area contributed by atoms with E-state index in [0.717, 1.165) is 13.1 Å². The molecule has 2 heterocycles. The third-order valence-corrected chi connectivity index (χ3v) is 4.06. The second kappa shape index (κ2) is 4.95. The summed E-state index contributed by atoms with van der Waals surface area (Å²) in [7, 11) is 0. The first kappa shape index (κ1) is 11.6. The number of nitrogens with two attached hydrogens (primary N) is 1. The van der Waals surface area contributed by atoms with E-state index < -0.39 is 0 Å². The minimum Gasteiger partial charge on any atom is -0.354 e. The maximum absolute atomic E-state index is 11.4. The van der Waals surface area contributed by atoms with Crippen molar-refractivity contribution >= 4 is 17.2 Å². The van der Waals surface area contributed by atoms with Crippen molar-refractivity contribution in [2.24, 2.45) is 5.73 Å². The van der Waals surface area contributed by atoms with Gasteiger partial charge in [-0.2, -0.15) is 0 Å². The number of carbonyl (C=O) groups is 1. The van der Waals surface area contributed by atoms with Gasteiger partial charge in [-0.3, -0.25) is 9.69 Å². The summed E-state index contributed by atoms with van der Waals surface area (Å²) in [6.45, 7) is 4.72. The number of carbonyl (C=O) groups excluding carboxylic acids is 1. The maximum atomic E-state index is 11.4. The Balaban J connectivity index is 2.16. The Bertz CT molecular complexity index is 377. The highest BCUT2D eigenvalue weighted by molar-refractivity contribution is 7.10. The summed E-state index contributed by atoms with van der Waals surface area (Å²) in [6.07, 6.45) is 0. The Morgan fingerprint density at radius 2 is 2.50 bits per heavy atom. The van der Waals surface area contributed by atoms with E-state index in [2.05, 4.69) is 28.6 Å². The van der Waals surface area contributed by atoms with E-state index >= 15 is 0 Å². The molecule has 88 valence electrons. The lowest BCUT2D eigenvalue weighted by Crippen LogP contribution is -2.50. The molecule has 0 aliphatic carbocycles. The predicted octanol–water partition coefficient (Wildman–Crippen LogP) is 0.488. The SMILES string of the molecule is Cc1ccsc1C(CN)N1CCNC(=O)C1. The number of nitrogens with one attached hydrogen (secondary N) is 1. The molecule has 1 aromatic rings. The monoisotopic (exact) mass is 239 g/mol. The summed E-state index contributed by atoms with van der Waals surface area (Å²) >= 11 is 1.72. The number of thiophene rings is 1. The summed E-state index contributed by atoms with van der Waals surface area (Å²) in [5, 5.41) is 4.91. The molecule has 0 aromatic carbocycles. The predicted molar refractivity (Wildman–Crippen MR) is 65.4 cm³/mol. The number of hydrogen-bond donors (Lipinski definition) is 2. The lowest BCUT2D eigenvalue weighted by molar-refractivity contribution is -0.124. The van der Waals surface area contributed by atoms with Crippen molar-refractivity contribution in [2.75, 3.05) is 26.2 Å². The fraction of sp³-hybridized carbons (Fsp3) is 0.545. The number of amides is 1. The van der Waals surface area contributed by atoms with Crippen LogP contribution in [0.25, 0.3) is 0 Å². The minimum absolute atomic E-state index is 0.0962. The van der Waals surface area contributed by atoms with Gasteiger partial charge >= 0.3 is 0 Å². The van der Waals surface area contributed by atoms with E-state index in [1.807, 2.05) is 0 Å². The topological polar surface area (TPSA) is 58.4 Å². The van der Waals surface area contributed by atoms with E-state index in [0.29, 0.717) is 13.1 Å². The number of hydrogen-bond acceptors (Lipinski definition) is 4. The number of aryl methyl sites for hydroxylation is 1. The Morgan fingerprint density at radius 3 is 3.06 bits per heavy atom. The molecule has 0 radical (unpaired) electrons. The van der Waals surface area contributed by atoms with Gasteiger partial charge in [0.1, 0.15) is 0 Å². The summed E-state index contributed by atoms with van der Waals surface area (Å²) in [5.41, 5.74) is 7.11. The molecule has 1 fully saturated rings. The second-order valence-electron chi connectivity index (χ2n) is 4.04. The minimum atomic E-state index is 0.0962. The standard InChI is InChI=1S/C11H17N3OS/c1-8-2-5-16-11(8)9(6-12)14-4-3-13-10(15)7-14/h2,5,9H,3-4,6-7,12H2,1H3,(H,13,15). The van der Waals surface area contributed by atoms with Crippen molar-refractivity contribution in [1.82, 2.24) is 10.2 Å². The summed E-state index contributed by atoms with van der Waals surface area (Å²) in [5.74, 6) is 0.0962. The third kappa shape index (κ3) is 2.26. The van der Waals surface area contributed by atoms with Crippen molar-refractivity contribution in [3.8, 4) is 0 Å². The van der Waals surface area contributed by atoms with Gasteiger partial charge < -0.3 is 11.1 Å². The lowest BCUT2D eigenvalue weighted by atomic mass is 10.1. The molecule has 5 heteroatoms. The average molecular weight is 239 g/mol. The molecule has 1 unspecified atom stereocenters. The number of nitrogens with zero attached hydrogens (tertiary/aromatic N) is 1. The Morgan fingerprint density at radius 1 is 1.69 bits per heavy atom. The molecule has 16 heavy (non-hydrogen) atoms. The van der Waals surface area contributed by atoms with Gasteiger partial charge in [0.15, 0.2) is 0 Å². The molecule has 1 aromatic heterocycles. The van der Waals surface area contributed by atoms with Crippen molar-refractivity contribution in [1.29, 1.82) is 0 Å². The number of piperazine rings is 1. The molecule has 1 saturated heterocycles. The summed E-state index contributed by atoms with van der Waals surface area (Å²) < 4.78 is 0. The van der Waals surface area contributed by atoms with Crippen LogP contribution in [0.4, 0.5) is 0 Å². The van der Waals surface area contributed by atoms with Crippen molar-refractivity contribution in [3.63, 3.8) is 0 Å². The van der Waals surface area contributed by atoms with Gasteiger partial charge in [0, 0.05) is 24.5 Å². The van der Waals surface area contributed by atoms with E-state index in [9.17, 15) is 4.79 Å². The molecular weight excluding hydrogens is 222 g/mol. The van der Waals surface area contributed by atoms with Crippen LogP contribution < -0.4 is 11.1 Å². The lowest BCUT2D eigenvalue weighted by Gasteiger charge is -2.33. The molecule has 2 rings (SSSR count). The molecule has 4 nitrogen and oxygen atoms in total. The van der Waals surface area contributed by atoms with Crippen LogP contribution >= 0.6 is 11.3 Å². The van der Waals surface area contributed by atoms with Gasteiger partial charge in [-0.1, -0.05) is 0 Å². The van der Waals surface area contributed by atoms with Crippen LogP contribution in [0.1, 0.15) is 16.5 Å². The van der Waals surface area contributed by atoms with Crippen molar-refractivity contribution in [2.45, 2.75) is 13.0 Å². The zero-order valence-corrected chi connectivity index (χ0v) is 10.2. The molecule has 3 N–H and O–H groups in total. The molecule has 1 atom stereocenters. The quantitative estimate of drug-likeness (QED) is 0.807. The largest absolute Gasteiger partial charge is 0.354 e. The van der Waals surface area contributed by atoms with Gasteiger partial charge in [-0.15, -0.1) is 11.3 Å². The maximum Gasteiger partial charge on any atom is 0.234 e. The zero-order chi connectivity index (χ0) is 11.5. The van der Waals surface area contributed by atoms with Crippen LogP contribution in [-0.2, 0) is 4.79 Å². The normalized spacial score (nSPS) is 19.5. The molecule has 1 amide bonds. The molecule has 0 bridgehead atoms. The van der Waals surface area contributed by atoms with E-state index in [4.69, 9.17) is 5.73 Å². The van der Waals surface area contributed by atoms with E-state index in [1.54, 1.807) is 11.3 Å². The van der Waals surface area contributed by atoms with Gasteiger partial charge in [0.2, 0.25) is 5.91 Å². The van der Waals surface area contributed by atoms with E-state index in [-0.39, 0.29) is 11.9 Å². The van der Waals surface area contributed by atoms with Gasteiger partial charge in [0.25, 0.3) is 0 Å². The third-order valence-electron chi connectivity index (χ3n) is 2.94. The highest BCUT2D eigenvalue weighted by Crippen LogP contribution is 2.28. The first-order valence-corrected chi connectivity index (χ1v) is 6.35. The number of rotatable bonds is 3. The van der Waals surface area contributed by atoms with Crippen LogP contribution in [0.3, 0.4) is 0 Å². The van der Waals surface area contributed by atoms with Crippen LogP contribution in [-0.4, -0.2) is 37.0 Å². The smallest absolute Gasteiger partial charge is 0.234 e. The summed E-state index contributed by atoms with van der Waals surface area (Å²) in [6, 6.07) is 2.29. The molecule has 0 spiro atoms. The van der Waals surface area contributed by atoms with Crippen LogP contribution in [0.5, 0.6) is 0 Å². The molecule has 0 saturated carbocycles. The molecule has 1 aliphatic heterocycles. The highest BCUT2D eigenvalue weighted by Gasteiger charge is 2.25. The summed E-state index contributed by atoms with van der Waals surface area (Å²) in [4.78, 5) is 14.8. The second-order valence-corrected chi connectivity index (χ2v) is 4.99. The zero-order valence-electron chi connectivity index (χ0n) is 9.40. The van der Waals surface area contributed by atoms with Crippen LogP contribution in [0, 0.1) is 6.92 Å². The van der Waals surface area contributed by atoms with E-state index in [1.165, 1.54) is 10.4 Å². The van der Waals surface area contributed by atoms with Crippen LogP contribution in [0.2, 0.25) is 0 Å². The van der Waals surface area contributed by atoms with Crippen LogP contribution in [0.15, 0.2) is 11.4 Å². The average Bonchev–Trinajstić information content (AvgIpc) is 2.67. The van der Waals surface area contributed by atoms with Gasteiger partial charge in [0.05, 0.1) is 12.6 Å². The fourth-order valence-corrected chi connectivity index (χ4v) is 3.15. The fourth-order valence-electron chi connectivity index (χ4n) is 2.07. The first-order chi connectivity index (χ1) is 7.72. The molecular formula is C11H17N3OS. The Kier molecular flexibility index (Phi) is 3.58. The van der Waals surface area contributed by atoms with Gasteiger partial charge in [-0.25, -0.2) is 0 Å². The molecule has 1 aliphatic rings.